The SMILES string of the molecule is O=C(Nc1ccnc2[nH]ccc12)c1ccc(C2CCCCN2)cc1. The molecule has 1 atom stereocenters. The minimum atomic E-state index is -0.105. The molecule has 1 aromatic carbocycles. The molecule has 0 spiro atoms. The van der Waals surface area contributed by atoms with Gasteiger partial charge >= 0.3 is 0 Å². The molecule has 24 heavy (non-hydrogen) atoms. The van der Waals surface area contributed by atoms with Gasteiger partial charge in [-0.1, -0.05) is 18.6 Å². The summed E-state index contributed by atoms with van der Waals surface area (Å²) in [5.74, 6) is -0.105. The number of benzene rings is 1. The van der Waals surface area contributed by atoms with E-state index in [1.54, 1.807) is 6.20 Å². The summed E-state index contributed by atoms with van der Waals surface area (Å²) in [5, 5.41) is 7.41. The molecule has 1 fully saturated rings. The Labute approximate surface area is 140 Å². The van der Waals surface area contributed by atoms with Crippen LogP contribution in [0.1, 0.15) is 41.2 Å². The van der Waals surface area contributed by atoms with Gasteiger partial charge < -0.3 is 15.6 Å². The zero-order chi connectivity index (χ0) is 16.4. The second kappa shape index (κ2) is 6.45. The Morgan fingerprint density at radius 2 is 2.00 bits per heavy atom. The lowest BCUT2D eigenvalue weighted by Crippen LogP contribution is -2.26. The number of aromatic amines is 1. The number of pyridine rings is 1. The number of amides is 1. The maximum atomic E-state index is 12.5. The zero-order valence-electron chi connectivity index (χ0n) is 13.4. The maximum absolute atomic E-state index is 12.5. The first-order chi connectivity index (χ1) is 11.8. The Bertz CT molecular complexity index is 847. The van der Waals surface area contributed by atoms with Crippen LogP contribution in [0.2, 0.25) is 0 Å². The van der Waals surface area contributed by atoms with Crippen LogP contribution in [0.3, 0.4) is 0 Å². The molecule has 1 aliphatic rings. The number of nitrogens with one attached hydrogen (secondary N) is 3. The first kappa shape index (κ1) is 14.9. The predicted molar refractivity (Wildman–Crippen MR) is 95.1 cm³/mol. The van der Waals surface area contributed by atoms with E-state index in [0.717, 1.165) is 29.7 Å². The fourth-order valence-corrected chi connectivity index (χ4v) is 3.27. The van der Waals surface area contributed by atoms with Crippen molar-refractivity contribution in [2.45, 2.75) is 25.3 Å². The van der Waals surface area contributed by atoms with E-state index in [2.05, 4.69) is 32.7 Å². The fourth-order valence-electron chi connectivity index (χ4n) is 3.27. The molecule has 0 aliphatic carbocycles. The molecule has 3 aromatic rings. The first-order valence-electron chi connectivity index (χ1n) is 8.38. The molecule has 2 aromatic heterocycles. The molecule has 122 valence electrons. The molecule has 3 heterocycles. The van der Waals surface area contributed by atoms with Crippen molar-refractivity contribution in [2.75, 3.05) is 11.9 Å². The number of anilines is 1. The van der Waals surface area contributed by atoms with E-state index >= 15 is 0 Å². The molecule has 1 aliphatic heterocycles. The van der Waals surface area contributed by atoms with Crippen molar-refractivity contribution in [2.24, 2.45) is 0 Å². The highest BCUT2D eigenvalue weighted by Gasteiger charge is 2.15. The monoisotopic (exact) mass is 320 g/mol. The number of fused-ring (bicyclic) bond motifs is 1. The highest BCUT2D eigenvalue weighted by atomic mass is 16.1. The quantitative estimate of drug-likeness (QED) is 0.690. The highest BCUT2D eigenvalue weighted by Crippen LogP contribution is 2.24. The van der Waals surface area contributed by atoms with E-state index < -0.39 is 0 Å². The van der Waals surface area contributed by atoms with Gasteiger partial charge in [0.05, 0.1) is 5.69 Å². The Hall–Kier alpha value is -2.66. The van der Waals surface area contributed by atoms with Crippen molar-refractivity contribution in [1.82, 2.24) is 15.3 Å². The molecule has 1 amide bonds. The van der Waals surface area contributed by atoms with Crippen molar-refractivity contribution in [3.63, 3.8) is 0 Å². The highest BCUT2D eigenvalue weighted by molar-refractivity contribution is 6.08. The van der Waals surface area contributed by atoms with Gasteiger partial charge in [0.25, 0.3) is 5.91 Å². The van der Waals surface area contributed by atoms with Crippen molar-refractivity contribution >= 4 is 22.6 Å². The van der Waals surface area contributed by atoms with Crippen LogP contribution < -0.4 is 10.6 Å². The molecule has 0 bridgehead atoms. The van der Waals surface area contributed by atoms with Gasteiger partial charge in [-0.05, 0) is 49.2 Å². The number of piperidine rings is 1. The van der Waals surface area contributed by atoms with Gasteiger partial charge in [-0.3, -0.25) is 4.79 Å². The van der Waals surface area contributed by atoms with Crippen LogP contribution in [0.5, 0.6) is 0 Å². The molecule has 0 radical (unpaired) electrons. The Kier molecular flexibility index (Phi) is 4.01. The van der Waals surface area contributed by atoms with E-state index in [0.29, 0.717) is 11.6 Å². The Balaban J connectivity index is 1.51. The summed E-state index contributed by atoms with van der Waals surface area (Å²) in [4.78, 5) is 19.8. The molecule has 4 rings (SSSR count). The summed E-state index contributed by atoms with van der Waals surface area (Å²) >= 11 is 0. The van der Waals surface area contributed by atoms with Crippen molar-refractivity contribution in [3.05, 3.63) is 59.9 Å². The van der Waals surface area contributed by atoms with Crippen LogP contribution in [0, 0.1) is 0 Å². The van der Waals surface area contributed by atoms with E-state index in [9.17, 15) is 4.79 Å². The van der Waals surface area contributed by atoms with Crippen LogP contribution in [0.25, 0.3) is 11.0 Å². The molecule has 3 N–H and O–H groups in total. The van der Waals surface area contributed by atoms with Crippen molar-refractivity contribution in [3.8, 4) is 0 Å². The van der Waals surface area contributed by atoms with Crippen molar-refractivity contribution in [1.29, 1.82) is 0 Å². The summed E-state index contributed by atoms with van der Waals surface area (Å²) < 4.78 is 0. The maximum Gasteiger partial charge on any atom is 0.255 e. The number of hydrogen-bond acceptors (Lipinski definition) is 3. The summed E-state index contributed by atoms with van der Waals surface area (Å²) in [7, 11) is 0. The number of rotatable bonds is 3. The van der Waals surface area contributed by atoms with Gasteiger partial charge in [0.1, 0.15) is 5.65 Å². The number of hydrogen-bond donors (Lipinski definition) is 3. The first-order valence-corrected chi connectivity index (χ1v) is 8.38. The van der Waals surface area contributed by atoms with Gasteiger partial charge in [0.15, 0.2) is 0 Å². The lowest BCUT2D eigenvalue weighted by Gasteiger charge is -2.23. The third-order valence-electron chi connectivity index (χ3n) is 4.59. The third kappa shape index (κ3) is 2.90. The molecule has 1 saturated heterocycles. The van der Waals surface area contributed by atoms with E-state index in [1.165, 1.54) is 18.4 Å². The molecular formula is C19H20N4O. The number of carbonyl (C=O) groups is 1. The second-order valence-electron chi connectivity index (χ2n) is 6.18. The third-order valence-corrected chi connectivity index (χ3v) is 4.59. The number of carbonyl (C=O) groups excluding carboxylic acids is 1. The second-order valence-corrected chi connectivity index (χ2v) is 6.18. The number of nitrogens with zero attached hydrogens (tertiary/aromatic N) is 1. The van der Waals surface area contributed by atoms with Crippen LogP contribution in [-0.2, 0) is 0 Å². The summed E-state index contributed by atoms with van der Waals surface area (Å²) in [6, 6.07) is 12.0. The average molecular weight is 320 g/mol. The summed E-state index contributed by atoms with van der Waals surface area (Å²) in [5.41, 5.74) is 3.45. The van der Waals surface area contributed by atoms with E-state index in [1.807, 2.05) is 30.5 Å². The van der Waals surface area contributed by atoms with Gasteiger partial charge in [-0.25, -0.2) is 4.98 Å². The van der Waals surface area contributed by atoms with Gasteiger partial charge in [0, 0.05) is 29.4 Å². The summed E-state index contributed by atoms with van der Waals surface area (Å²) in [6.45, 7) is 1.07. The molecular weight excluding hydrogens is 300 g/mol. The normalized spacial score (nSPS) is 17.8. The molecule has 5 nitrogen and oxygen atoms in total. The van der Waals surface area contributed by atoms with E-state index in [-0.39, 0.29) is 5.91 Å². The fraction of sp³-hybridized carbons (Fsp3) is 0.263. The number of H-pyrrole nitrogens is 1. The van der Waals surface area contributed by atoms with Crippen LogP contribution in [-0.4, -0.2) is 22.4 Å². The lowest BCUT2D eigenvalue weighted by atomic mass is 9.96. The Morgan fingerprint density at radius 1 is 1.12 bits per heavy atom. The topological polar surface area (TPSA) is 69.8 Å². The largest absolute Gasteiger partial charge is 0.346 e. The Morgan fingerprint density at radius 3 is 2.79 bits per heavy atom. The van der Waals surface area contributed by atoms with Crippen LogP contribution in [0.4, 0.5) is 5.69 Å². The average Bonchev–Trinajstić information content (AvgIpc) is 3.12. The van der Waals surface area contributed by atoms with Gasteiger partial charge in [-0.15, -0.1) is 0 Å². The predicted octanol–water partition coefficient (Wildman–Crippen LogP) is 3.63. The minimum absolute atomic E-state index is 0.105. The van der Waals surface area contributed by atoms with Gasteiger partial charge in [0.2, 0.25) is 0 Å². The van der Waals surface area contributed by atoms with E-state index in [4.69, 9.17) is 0 Å². The summed E-state index contributed by atoms with van der Waals surface area (Å²) in [6.07, 6.45) is 7.17. The minimum Gasteiger partial charge on any atom is -0.346 e. The smallest absolute Gasteiger partial charge is 0.255 e. The van der Waals surface area contributed by atoms with Crippen LogP contribution in [0.15, 0.2) is 48.8 Å². The molecule has 0 saturated carbocycles. The lowest BCUT2D eigenvalue weighted by molar-refractivity contribution is 0.102. The van der Waals surface area contributed by atoms with Crippen LogP contribution >= 0.6 is 0 Å². The molecule has 5 heteroatoms. The zero-order valence-corrected chi connectivity index (χ0v) is 13.4. The number of aromatic nitrogens is 2. The molecule has 1 unspecified atom stereocenters. The van der Waals surface area contributed by atoms with Gasteiger partial charge in [-0.2, -0.15) is 0 Å². The van der Waals surface area contributed by atoms with Crippen molar-refractivity contribution < 1.29 is 4.79 Å². The standard InChI is InChI=1S/C19H20N4O/c24-19(23-17-9-12-22-18-15(17)8-11-21-18)14-6-4-13(5-7-14)16-3-1-2-10-20-16/h4-9,11-12,16,20H,1-3,10H2,(H2,21,22,23,24).